The number of rotatable bonds is 6. The minimum atomic E-state index is -3.58. The van der Waals surface area contributed by atoms with Gasteiger partial charge in [-0.15, -0.1) is 0 Å². The van der Waals surface area contributed by atoms with Crippen LogP contribution in [0.15, 0.2) is 47.6 Å². The number of para-hydroxylation sites is 1. The molecule has 5 nitrogen and oxygen atoms in total. The summed E-state index contributed by atoms with van der Waals surface area (Å²) in [6.45, 7) is 10.1. The molecule has 2 aromatic carbocycles. The normalized spacial score (nSPS) is 11.8. The van der Waals surface area contributed by atoms with E-state index in [9.17, 15) is 8.42 Å². The van der Waals surface area contributed by atoms with E-state index in [4.69, 9.17) is 0 Å². The predicted octanol–water partition coefficient (Wildman–Crippen LogP) is 3.94. The third kappa shape index (κ3) is 3.88. The smallest absolute Gasteiger partial charge is 0.241 e. The van der Waals surface area contributed by atoms with Crippen molar-refractivity contribution in [1.29, 1.82) is 0 Å². The summed E-state index contributed by atoms with van der Waals surface area (Å²) in [7, 11) is -3.58. The van der Waals surface area contributed by atoms with Crippen molar-refractivity contribution in [3.63, 3.8) is 0 Å². The molecule has 0 bridgehead atoms. The van der Waals surface area contributed by atoms with Gasteiger partial charge in [0.25, 0.3) is 0 Å². The van der Waals surface area contributed by atoms with Gasteiger partial charge >= 0.3 is 0 Å². The van der Waals surface area contributed by atoms with Gasteiger partial charge in [-0.1, -0.05) is 18.2 Å². The van der Waals surface area contributed by atoms with Gasteiger partial charge in [0.15, 0.2) is 0 Å². The average Bonchev–Trinajstić information content (AvgIpc) is 3.14. The second-order valence-corrected chi connectivity index (χ2v) is 8.93. The van der Waals surface area contributed by atoms with Crippen LogP contribution in [-0.2, 0) is 16.4 Å². The molecule has 0 spiro atoms. The standard InChI is InChI=1S/C22H27N3O2S/c1-15-16(2)18(4)22(19(5)17(15)3)28(26,27)24-12-11-20-13-23-25(14-20)21-9-7-6-8-10-21/h6-10,13-14,24H,11-12H2,1-5H3. The van der Waals surface area contributed by atoms with Gasteiger partial charge in [0, 0.05) is 12.7 Å². The van der Waals surface area contributed by atoms with E-state index in [-0.39, 0.29) is 0 Å². The molecule has 6 heteroatoms. The topological polar surface area (TPSA) is 64.0 Å². The molecule has 0 aliphatic rings. The van der Waals surface area contributed by atoms with E-state index >= 15 is 0 Å². The summed E-state index contributed by atoms with van der Waals surface area (Å²) in [5.41, 5.74) is 6.83. The van der Waals surface area contributed by atoms with Crippen LogP contribution >= 0.6 is 0 Å². The van der Waals surface area contributed by atoms with Crippen molar-refractivity contribution in [2.75, 3.05) is 6.54 Å². The van der Waals surface area contributed by atoms with Gasteiger partial charge in [-0.2, -0.15) is 5.10 Å². The molecule has 0 aliphatic heterocycles. The van der Waals surface area contributed by atoms with Gasteiger partial charge in [0.1, 0.15) is 0 Å². The van der Waals surface area contributed by atoms with Crippen LogP contribution in [0, 0.1) is 34.6 Å². The zero-order chi connectivity index (χ0) is 20.5. The highest BCUT2D eigenvalue weighted by Gasteiger charge is 2.23. The molecule has 28 heavy (non-hydrogen) atoms. The van der Waals surface area contributed by atoms with E-state index in [1.807, 2.05) is 71.1 Å². The van der Waals surface area contributed by atoms with Gasteiger partial charge < -0.3 is 0 Å². The summed E-state index contributed by atoms with van der Waals surface area (Å²) in [4.78, 5) is 0.410. The summed E-state index contributed by atoms with van der Waals surface area (Å²) in [5.74, 6) is 0. The maximum atomic E-state index is 13.0. The summed E-state index contributed by atoms with van der Waals surface area (Å²) >= 11 is 0. The van der Waals surface area contributed by atoms with Crippen molar-refractivity contribution >= 4 is 10.0 Å². The quantitative estimate of drug-likeness (QED) is 0.685. The Bertz CT molecular complexity index is 1070. The monoisotopic (exact) mass is 397 g/mol. The van der Waals surface area contributed by atoms with E-state index in [0.717, 1.165) is 39.1 Å². The zero-order valence-corrected chi connectivity index (χ0v) is 17.9. The number of hydrogen-bond acceptors (Lipinski definition) is 3. The maximum Gasteiger partial charge on any atom is 0.241 e. The number of sulfonamides is 1. The molecule has 0 unspecified atom stereocenters. The highest BCUT2D eigenvalue weighted by molar-refractivity contribution is 7.89. The molecule has 3 aromatic rings. The Kier molecular flexibility index (Phi) is 5.72. The molecule has 0 saturated heterocycles. The fourth-order valence-electron chi connectivity index (χ4n) is 3.48. The van der Waals surface area contributed by atoms with E-state index < -0.39 is 10.0 Å². The minimum Gasteiger partial charge on any atom is -0.241 e. The first-order chi connectivity index (χ1) is 13.2. The second kappa shape index (κ2) is 7.89. The first-order valence-electron chi connectivity index (χ1n) is 9.38. The summed E-state index contributed by atoms with van der Waals surface area (Å²) in [6, 6.07) is 9.84. The van der Waals surface area contributed by atoms with Gasteiger partial charge in [-0.25, -0.2) is 17.8 Å². The first kappa shape index (κ1) is 20.3. The molecule has 148 valence electrons. The van der Waals surface area contributed by atoms with Gasteiger partial charge in [0.05, 0.1) is 16.8 Å². The Morgan fingerprint density at radius 1 is 0.893 bits per heavy atom. The third-order valence-electron chi connectivity index (χ3n) is 5.56. The van der Waals surface area contributed by atoms with E-state index in [2.05, 4.69) is 9.82 Å². The van der Waals surface area contributed by atoms with Crippen LogP contribution in [0.4, 0.5) is 0 Å². The number of benzene rings is 2. The SMILES string of the molecule is Cc1c(C)c(C)c(S(=O)(=O)NCCc2cnn(-c3ccccc3)c2)c(C)c1C. The molecule has 0 atom stereocenters. The Morgan fingerprint density at radius 2 is 1.46 bits per heavy atom. The summed E-state index contributed by atoms with van der Waals surface area (Å²) in [5, 5.41) is 4.36. The Morgan fingerprint density at radius 3 is 2.07 bits per heavy atom. The van der Waals surface area contributed by atoms with Crippen molar-refractivity contribution < 1.29 is 8.42 Å². The van der Waals surface area contributed by atoms with Crippen molar-refractivity contribution in [3.05, 3.63) is 76.1 Å². The Hall–Kier alpha value is -2.44. The van der Waals surface area contributed by atoms with Crippen molar-refractivity contribution in [2.45, 2.75) is 45.9 Å². The molecular weight excluding hydrogens is 370 g/mol. The molecular formula is C22H27N3O2S. The third-order valence-corrected chi connectivity index (χ3v) is 7.30. The first-order valence-corrected chi connectivity index (χ1v) is 10.9. The lowest BCUT2D eigenvalue weighted by atomic mass is 9.95. The zero-order valence-electron chi connectivity index (χ0n) is 17.1. The molecule has 0 saturated carbocycles. The highest BCUT2D eigenvalue weighted by Crippen LogP contribution is 2.29. The van der Waals surface area contributed by atoms with Gasteiger partial charge in [0.2, 0.25) is 10.0 Å². The number of hydrogen-bond donors (Lipinski definition) is 1. The molecule has 1 heterocycles. The van der Waals surface area contributed by atoms with Crippen LogP contribution in [0.2, 0.25) is 0 Å². The van der Waals surface area contributed by atoms with Crippen LogP contribution < -0.4 is 4.72 Å². The van der Waals surface area contributed by atoms with Gasteiger partial charge in [-0.3, -0.25) is 0 Å². The highest BCUT2D eigenvalue weighted by atomic mass is 32.2. The van der Waals surface area contributed by atoms with Crippen LogP contribution in [0.1, 0.15) is 33.4 Å². The Labute approximate surface area is 167 Å². The van der Waals surface area contributed by atoms with Crippen LogP contribution in [0.25, 0.3) is 5.69 Å². The van der Waals surface area contributed by atoms with Gasteiger partial charge in [-0.05, 0) is 86.6 Å². The van der Waals surface area contributed by atoms with Crippen molar-refractivity contribution in [3.8, 4) is 5.69 Å². The fourth-order valence-corrected chi connectivity index (χ4v) is 5.11. The lowest BCUT2D eigenvalue weighted by Crippen LogP contribution is -2.28. The lowest BCUT2D eigenvalue weighted by Gasteiger charge is -2.19. The summed E-state index contributed by atoms with van der Waals surface area (Å²) < 4.78 is 30.5. The van der Waals surface area contributed by atoms with Crippen LogP contribution in [-0.4, -0.2) is 24.7 Å². The number of aromatic nitrogens is 2. The average molecular weight is 398 g/mol. The summed E-state index contributed by atoms with van der Waals surface area (Å²) in [6.07, 6.45) is 4.28. The molecule has 0 radical (unpaired) electrons. The molecule has 0 aliphatic carbocycles. The van der Waals surface area contributed by atoms with Crippen LogP contribution in [0.3, 0.4) is 0 Å². The number of nitrogens with zero attached hydrogens (tertiary/aromatic N) is 2. The van der Waals surface area contributed by atoms with Crippen molar-refractivity contribution in [2.24, 2.45) is 0 Å². The maximum absolute atomic E-state index is 13.0. The fraction of sp³-hybridized carbons (Fsp3) is 0.318. The predicted molar refractivity (Wildman–Crippen MR) is 113 cm³/mol. The second-order valence-electron chi connectivity index (χ2n) is 7.23. The Balaban J connectivity index is 1.74. The lowest BCUT2D eigenvalue weighted by molar-refractivity contribution is 0.580. The molecule has 1 aromatic heterocycles. The molecule has 1 N–H and O–H groups in total. The van der Waals surface area contributed by atoms with E-state index in [0.29, 0.717) is 17.9 Å². The molecule has 3 rings (SSSR count). The van der Waals surface area contributed by atoms with E-state index in [1.54, 1.807) is 10.9 Å². The minimum absolute atomic E-state index is 0.327. The number of nitrogens with one attached hydrogen (secondary N) is 1. The van der Waals surface area contributed by atoms with Crippen LogP contribution in [0.5, 0.6) is 0 Å². The van der Waals surface area contributed by atoms with Crippen molar-refractivity contribution in [1.82, 2.24) is 14.5 Å². The van der Waals surface area contributed by atoms with E-state index in [1.165, 1.54) is 0 Å². The molecule has 0 fully saturated rings. The largest absolute Gasteiger partial charge is 0.241 e. The molecule has 0 amide bonds.